The van der Waals surface area contributed by atoms with Crippen molar-refractivity contribution in [1.82, 2.24) is 9.97 Å². The Balaban J connectivity index is 2.87. The molecule has 2 aromatic rings. The SMILES string of the molecule is Fc1cnc2[nH]cc(Br)c2c1. The highest BCUT2D eigenvalue weighted by molar-refractivity contribution is 9.10. The Bertz CT molecular complexity index is 396. The highest BCUT2D eigenvalue weighted by Crippen LogP contribution is 2.21. The Kier molecular flexibility index (Phi) is 1.42. The molecule has 56 valence electrons. The number of fused-ring (bicyclic) bond motifs is 1. The van der Waals surface area contributed by atoms with E-state index in [0.717, 1.165) is 9.86 Å². The van der Waals surface area contributed by atoms with Crippen molar-refractivity contribution in [1.29, 1.82) is 0 Å². The molecule has 0 saturated carbocycles. The summed E-state index contributed by atoms with van der Waals surface area (Å²) in [5.41, 5.74) is 0.693. The van der Waals surface area contributed by atoms with E-state index >= 15 is 0 Å². The molecule has 0 amide bonds. The molecule has 2 rings (SSSR count). The van der Waals surface area contributed by atoms with Gasteiger partial charge in [-0.2, -0.15) is 0 Å². The normalized spacial score (nSPS) is 10.7. The molecule has 0 unspecified atom stereocenters. The molecule has 2 nitrogen and oxygen atoms in total. The minimum atomic E-state index is -0.321. The number of aromatic nitrogens is 2. The molecule has 0 aliphatic carbocycles. The standard InChI is InChI=1S/C7H4BrFN2/c8-6-3-11-7-5(6)1-4(9)2-10-7/h1-3H,(H,10,11). The van der Waals surface area contributed by atoms with Gasteiger partial charge in [-0.1, -0.05) is 0 Å². The maximum Gasteiger partial charge on any atom is 0.142 e. The molecule has 0 bridgehead atoms. The van der Waals surface area contributed by atoms with Crippen molar-refractivity contribution in [2.24, 2.45) is 0 Å². The van der Waals surface area contributed by atoms with E-state index in [1.165, 1.54) is 12.3 Å². The average molecular weight is 215 g/mol. The lowest BCUT2D eigenvalue weighted by Gasteiger charge is -1.88. The van der Waals surface area contributed by atoms with Crippen LogP contribution in [0, 0.1) is 5.82 Å². The van der Waals surface area contributed by atoms with Crippen LogP contribution in [-0.4, -0.2) is 9.97 Å². The summed E-state index contributed by atoms with van der Waals surface area (Å²) in [5.74, 6) is -0.321. The van der Waals surface area contributed by atoms with Gasteiger partial charge in [-0.25, -0.2) is 9.37 Å². The second kappa shape index (κ2) is 2.30. The van der Waals surface area contributed by atoms with Crippen LogP contribution < -0.4 is 0 Å². The van der Waals surface area contributed by atoms with Gasteiger partial charge in [0.25, 0.3) is 0 Å². The van der Waals surface area contributed by atoms with E-state index in [-0.39, 0.29) is 5.82 Å². The number of hydrogen-bond acceptors (Lipinski definition) is 1. The predicted molar refractivity (Wildman–Crippen MR) is 43.8 cm³/mol. The monoisotopic (exact) mass is 214 g/mol. The van der Waals surface area contributed by atoms with Gasteiger partial charge in [0, 0.05) is 16.1 Å². The Morgan fingerprint density at radius 3 is 3.18 bits per heavy atom. The first kappa shape index (κ1) is 6.79. The van der Waals surface area contributed by atoms with Gasteiger partial charge in [0.2, 0.25) is 0 Å². The van der Waals surface area contributed by atoms with Crippen LogP contribution in [0.2, 0.25) is 0 Å². The van der Waals surface area contributed by atoms with Gasteiger partial charge in [0.15, 0.2) is 0 Å². The van der Waals surface area contributed by atoms with Gasteiger partial charge in [-0.05, 0) is 22.0 Å². The molecule has 2 aromatic heterocycles. The molecular formula is C7H4BrFN2. The smallest absolute Gasteiger partial charge is 0.142 e. The molecule has 1 N–H and O–H groups in total. The molecule has 0 aliphatic heterocycles. The van der Waals surface area contributed by atoms with Gasteiger partial charge >= 0.3 is 0 Å². The van der Waals surface area contributed by atoms with E-state index in [4.69, 9.17) is 0 Å². The number of hydrogen-bond donors (Lipinski definition) is 1. The lowest BCUT2D eigenvalue weighted by Crippen LogP contribution is -1.78. The summed E-state index contributed by atoms with van der Waals surface area (Å²) >= 11 is 3.26. The van der Waals surface area contributed by atoms with Crippen LogP contribution >= 0.6 is 15.9 Å². The number of halogens is 2. The first-order valence-electron chi connectivity index (χ1n) is 3.05. The summed E-state index contributed by atoms with van der Waals surface area (Å²) < 4.78 is 13.4. The van der Waals surface area contributed by atoms with Crippen LogP contribution in [0.5, 0.6) is 0 Å². The van der Waals surface area contributed by atoms with Crippen molar-refractivity contribution in [2.75, 3.05) is 0 Å². The quantitative estimate of drug-likeness (QED) is 0.718. The highest BCUT2D eigenvalue weighted by Gasteiger charge is 2.01. The Morgan fingerprint density at radius 1 is 1.55 bits per heavy atom. The summed E-state index contributed by atoms with van der Waals surface area (Å²) in [4.78, 5) is 6.73. The molecule has 0 atom stereocenters. The third-order valence-corrected chi connectivity index (χ3v) is 2.10. The first-order valence-corrected chi connectivity index (χ1v) is 3.85. The third-order valence-electron chi connectivity index (χ3n) is 1.45. The van der Waals surface area contributed by atoms with Gasteiger partial charge < -0.3 is 4.98 Å². The topological polar surface area (TPSA) is 28.7 Å². The van der Waals surface area contributed by atoms with Crippen LogP contribution in [0.25, 0.3) is 11.0 Å². The summed E-state index contributed by atoms with van der Waals surface area (Å²) in [6.45, 7) is 0. The zero-order valence-corrected chi connectivity index (χ0v) is 7.02. The van der Waals surface area contributed by atoms with Gasteiger partial charge in [-0.15, -0.1) is 0 Å². The van der Waals surface area contributed by atoms with E-state index < -0.39 is 0 Å². The molecule has 0 saturated heterocycles. The van der Waals surface area contributed by atoms with E-state index in [0.29, 0.717) is 5.65 Å². The minimum absolute atomic E-state index is 0.321. The molecule has 0 aromatic carbocycles. The summed E-state index contributed by atoms with van der Waals surface area (Å²) in [6.07, 6.45) is 2.92. The molecule has 0 radical (unpaired) electrons. The van der Waals surface area contributed by atoms with Crippen molar-refractivity contribution >= 4 is 27.0 Å². The maximum absolute atomic E-state index is 12.6. The summed E-state index contributed by atoms with van der Waals surface area (Å²) in [6, 6.07) is 1.43. The fourth-order valence-electron chi connectivity index (χ4n) is 0.946. The van der Waals surface area contributed by atoms with Crippen LogP contribution in [0.4, 0.5) is 4.39 Å². The number of rotatable bonds is 0. The van der Waals surface area contributed by atoms with Gasteiger partial charge in [-0.3, -0.25) is 0 Å². The van der Waals surface area contributed by atoms with Crippen LogP contribution in [-0.2, 0) is 0 Å². The van der Waals surface area contributed by atoms with Crippen molar-refractivity contribution in [3.63, 3.8) is 0 Å². The Hall–Kier alpha value is -0.900. The van der Waals surface area contributed by atoms with Gasteiger partial charge in [0.1, 0.15) is 11.5 Å². The molecule has 0 spiro atoms. The van der Waals surface area contributed by atoms with Gasteiger partial charge in [0.05, 0.1) is 6.20 Å². The zero-order chi connectivity index (χ0) is 7.84. The van der Waals surface area contributed by atoms with E-state index in [2.05, 4.69) is 25.9 Å². The Labute approximate surface area is 70.6 Å². The molecule has 0 fully saturated rings. The van der Waals surface area contributed by atoms with Crippen molar-refractivity contribution in [3.05, 3.63) is 28.7 Å². The van der Waals surface area contributed by atoms with E-state index in [1.807, 2.05) is 0 Å². The fraction of sp³-hybridized carbons (Fsp3) is 0. The number of aromatic amines is 1. The zero-order valence-electron chi connectivity index (χ0n) is 5.44. The molecule has 11 heavy (non-hydrogen) atoms. The molecular weight excluding hydrogens is 211 g/mol. The largest absolute Gasteiger partial charge is 0.345 e. The average Bonchev–Trinajstić information content (AvgIpc) is 2.33. The number of H-pyrrole nitrogens is 1. The molecule has 2 heterocycles. The lowest BCUT2D eigenvalue weighted by molar-refractivity contribution is 0.624. The summed E-state index contributed by atoms with van der Waals surface area (Å²) in [7, 11) is 0. The summed E-state index contributed by atoms with van der Waals surface area (Å²) in [5, 5.41) is 0.769. The minimum Gasteiger partial charge on any atom is -0.345 e. The van der Waals surface area contributed by atoms with Crippen molar-refractivity contribution in [3.8, 4) is 0 Å². The lowest BCUT2D eigenvalue weighted by atomic mass is 10.3. The number of nitrogens with zero attached hydrogens (tertiary/aromatic N) is 1. The molecule has 0 aliphatic rings. The van der Waals surface area contributed by atoms with Crippen molar-refractivity contribution < 1.29 is 4.39 Å². The number of pyridine rings is 1. The van der Waals surface area contributed by atoms with Crippen LogP contribution in [0.3, 0.4) is 0 Å². The first-order chi connectivity index (χ1) is 5.27. The van der Waals surface area contributed by atoms with Crippen molar-refractivity contribution in [2.45, 2.75) is 0 Å². The second-order valence-electron chi connectivity index (χ2n) is 2.19. The van der Waals surface area contributed by atoms with E-state index in [9.17, 15) is 4.39 Å². The Morgan fingerprint density at radius 2 is 2.36 bits per heavy atom. The predicted octanol–water partition coefficient (Wildman–Crippen LogP) is 2.46. The maximum atomic E-state index is 12.6. The number of nitrogens with one attached hydrogen (secondary N) is 1. The second-order valence-corrected chi connectivity index (χ2v) is 3.04. The van der Waals surface area contributed by atoms with Crippen LogP contribution in [0.1, 0.15) is 0 Å². The third kappa shape index (κ3) is 1.03. The van der Waals surface area contributed by atoms with E-state index in [1.54, 1.807) is 6.20 Å². The molecule has 4 heteroatoms. The fourth-order valence-corrected chi connectivity index (χ4v) is 1.36. The highest BCUT2D eigenvalue weighted by atomic mass is 79.9. The van der Waals surface area contributed by atoms with Crippen LogP contribution in [0.15, 0.2) is 22.9 Å².